The Hall–Kier alpha value is -1.02. The van der Waals surface area contributed by atoms with E-state index in [2.05, 4.69) is 11.5 Å². The second-order valence-electron chi connectivity index (χ2n) is 2.30. The van der Waals surface area contributed by atoms with Crippen LogP contribution in [0.3, 0.4) is 0 Å². The molecular formula is C9H13NO. The van der Waals surface area contributed by atoms with Gasteiger partial charge in [-0.25, -0.2) is 0 Å². The molecule has 0 radical (unpaired) electrons. The molecule has 1 aromatic rings. The predicted molar refractivity (Wildman–Crippen MR) is 46.2 cm³/mol. The minimum atomic E-state index is 0.106. The topological polar surface area (TPSA) is 25.2 Å². The summed E-state index contributed by atoms with van der Waals surface area (Å²) in [5, 5.41) is 8.53. The molecule has 0 aromatic carbocycles. The summed E-state index contributed by atoms with van der Waals surface area (Å²) >= 11 is 0. The van der Waals surface area contributed by atoms with E-state index in [1.165, 1.54) is 0 Å². The van der Waals surface area contributed by atoms with Gasteiger partial charge in [0.1, 0.15) is 0 Å². The number of aryl methyl sites for hydroxylation is 1. The lowest BCUT2D eigenvalue weighted by Gasteiger charge is -1.99. The Morgan fingerprint density at radius 3 is 3.09 bits per heavy atom. The molecule has 11 heavy (non-hydrogen) atoms. The molecule has 0 bridgehead atoms. The van der Waals surface area contributed by atoms with Crippen LogP contribution in [0.2, 0.25) is 0 Å². The SMILES string of the molecule is CCn1cccc1/C=C/CO. The highest BCUT2D eigenvalue weighted by Gasteiger charge is 1.91. The lowest BCUT2D eigenvalue weighted by Crippen LogP contribution is -1.93. The fourth-order valence-corrected chi connectivity index (χ4v) is 1.04. The third kappa shape index (κ3) is 1.95. The quantitative estimate of drug-likeness (QED) is 0.696. The van der Waals surface area contributed by atoms with Crippen LogP contribution in [-0.4, -0.2) is 16.3 Å². The smallest absolute Gasteiger partial charge is 0.0616 e. The largest absolute Gasteiger partial charge is 0.392 e. The lowest BCUT2D eigenvalue weighted by atomic mass is 10.4. The highest BCUT2D eigenvalue weighted by Crippen LogP contribution is 2.03. The Morgan fingerprint density at radius 1 is 1.64 bits per heavy atom. The number of nitrogens with zero attached hydrogens (tertiary/aromatic N) is 1. The molecule has 2 nitrogen and oxygen atoms in total. The van der Waals surface area contributed by atoms with Gasteiger partial charge in [-0.3, -0.25) is 0 Å². The number of hydrogen-bond donors (Lipinski definition) is 1. The number of hydrogen-bond acceptors (Lipinski definition) is 1. The summed E-state index contributed by atoms with van der Waals surface area (Å²) in [7, 11) is 0. The number of aromatic nitrogens is 1. The first kappa shape index (κ1) is 8.08. The van der Waals surface area contributed by atoms with Crippen LogP contribution in [0.25, 0.3) is 6.08 Å². The van der Waals surface area contributed by atoms with Gasteiger partial charge in [0.25, 0.3) is 0 Å². The van der Waals surface area contributed by atoms with E-state index in [0.717, 1.165) is 12.2 Å². The van der Waals surface area contributed by atoms with Crippen LogP contribution >= 0.6 is 0 Å². The van der Waals surface area contributed by atoms with E-state index < -0.39 is 0 Å². The molecular weight excluding hydrogens is 138 g/mol. The van der Waals surface area contributed by atoms with Crippen molar-refractivity contribution in [2.45, 2.75) is 13.5 Å². The maximum absolute atomic E-state index is 8.53. The Bertz CT molecular complexity index is 237. The van der Waals surface area contributed by atoms with E-state index in [1.807, 2.05) is 24.4 Å². The summed E-state index contributed by atoms with van der Waals surface area (Å²) in [6.07, 6.45) is 5.68. The summed E-state index contributed by atoms with van der Waals surface area (Å²) in [6, 6.07) is 4.02. The van der Waals surface area contributed by atoms with Crippen molar-refractivity contribution in [2.75, 3.05) is 6.61 Å². The first-order valence-electron chi connectivity index (χ1n) is 3.81. The molecule has 0 aliphatic rings. The molecule has 0 saturated heterocycles. The van der Waals surface area contributed by atoms with Crippen molar-refractivity contribution in [2.24, 2.45) is 0 Å². The fourth-order valence-electron chi connectivity index (χ4n) is 1.04. The Morgan fingerprint density at radius 2 is 2.45 bits per heavy atom. The summed E-state index contributed by atoms with van der Waals surface area (Å²) in [6.45, 7) is 3.17. The van der Waals surface area contributed by atoms with Crippen molar-refractivity contribution in [3.63, 3.8) is 0 Å². The van der Waals surface area contributed by atoms with Gasteiger partial charge in [-0.2, -0.15) is 0 Å². The van der Waals surface area contributed by atoms with E-state index in [0.29, 0.717) is 0 Å². The van der Waals surface area contributed by atoms with Crippen LogP contribution in [0.15, 0.2) is 24.4 Å². The monoisotopic (exact) mass is 151 g/mol. The number of aliphatic hydroxyl groups is 1. The number of rotatable bonds is 3. The maximum atomic E-state index is 8.53. The van der Waals surface area contributed by atoms with Crippen LogP contribution in [0.5, 0.6) is 0 Å². The van der Waals surface area contributed by atoms with Crippen molar-refractivity contribution >= 4 is 6.08 Å². The maximum Gasteiger partial charge on any atom is 0.0616 e. The van der Waals surface area contributed by atoms with Crippen LogP contribution in [0.4, 0.5) is 0 Å². The van der Waals surface area contributed by atoms with Crippen LogP contribution < -0.4 is 0 Å². The third-order valence-corrected chi connectivity index (χ3v) is 1.60. The molecule has 2 heteroatoms. The normalized spacial score (nSPS) is 11.1. The second kappa shape index (κ2) is 3.98. The zero-order valence-corrected chi connectivity index (χ0v) is 6.70. The molecule has 0 unspecified atom stereocenters. The van der Waals surface area contributed by atoms with Crippen molar-refractivity contribution in [1.82, 2.24) is 4.57 Å². The van der Waals surface area contributed by atoms with E-state index >= 15 is 0 Å². The van der Waals surface area contributed by atoms with E-state index in [1.54, 1.807) is 6.08 Å². The van der Waals surface area contributed by atoms with E-state index in [-0.39, 0.29) is 6.61 Å². The molecule has 0 saturated carbocycles. The minimum absolute atomic E-state index is 0.106. The van der Waals surface area contributed by atoms with Crippen LogP contribution in [0.1, 0.15) is 12.6 Å². The molecule has 1 N–H and O–H groups in total. The summed E-state index contributed by atoms with van der Waals surface area (Å²) in [4.78, 5) is 0. The fraction of sp³-hybridized carbons (Fsp3) is 0.333. The van der Waals surface area contributed by atoms with Gasteiger partial charge in [-0.1, -0.05) is 6.08 Å². The highest BCUT2D eigenvalue weighted by atomic mass is 16.2. The number of aliphatic hydroxyl groups excluding tert-OH is 1. The molecule has 60 valence electrons. The summed E-state index contributed by atoms with van der Waals surface area (Å²) < 4.78 is 2.12. The first-order valence-corrected chi connectivity index (χ1v) is 3.81. The Balaban J connectivity index is 2.76. The average Bonchev–Trinajstić information content (AvgIpc) is 2.47. The first-order chi connectivity index (χ1) is 5.38. The van der Waals surface area contributed by atoms with Gasteiger partial charge in [0, 0.05) is 18.4 Å². The summed E-state index contributed by atoms with van der Waals surface area (Å²) in [5.74, 6) is 0. The average molecular weight is 151 g/mol. The van der Waals surface area contributed by atoms with Gasteiger partial charge in [-0.15, -0.1) is 0 Å². The van der Waals surface area contributed by atoms with Gasteiger partial charge >= 0.3 is 0 Å². The van der Waals surface area contributed by atoms with Crippen molar-refractivity contribution < 1.29 is 5.11 Å². The Labute approximate surface area is 66.8 Å². The molecule has 0 aliphatic heterocycles. The van der Waals surface area contributed by atoms with Crippen molar-refractivity contribution in [3.8, 4) is 0 Å². The lowest BCUT2D eigenvalue weighted by molar-refractivity contribution is 0.343. The van der Waals surface area contributed by atoms with Crippen molar-refractivity contribution in [1.29, 1.82) is 0 Å². The molecule has 1 heterocycles. The molecule has 0 amide bonds. The predicted octanol–water partition coefficient (Wildman–Crippen LogP) is 1.51. The van der Waals surface area contributed by atoms with Gasteiger partial charge in [-0.05, 0) is 25.1 Å². The molecule has 0 aliphatic carbocycles. The molecule has 1 aromatic heterocycles. The van der Waals surface area contributed by atoms with Gasteiger partial charge in [0.05, 0.1) is 6.61 Å². The zero-order valence-electron chi connectivity index (χ0n) is 6.70. The van der Waals surface area contributed by atoms with Crippen molar-refractivity contribution in [3.05, 3.63) is 30.1 Å². The summed E-state index contributed by atoms with van der Waals surface area (Å²) in [5.41, 5.74) is 1.14. The van der Waals surface area contributed by atoms with E-state index in [9.17, 15) is 0 Å². The van der Waals surface area contributed by atoms with Crippen LogP contribution in [-0.2, 0) is 6.54 Å². The van der Waals surface area contributed by atoms with Gasteiger partial charge in [0.2, 0.25) is 0 Å². The highest BCUT2D eigenvalue weighted by molar-refractivity contribution is 5.45. The molecule has 0 atom stereocenters. The Kier molecular flexibility index (Phi) is 2.93. The molecule has 1 rings (SSSR count). The third-order valence-electron chi connectivity index (χ3n) is 1.60. The standard InChI is InChI=1S/C9H13NO/c1-2-10-7-3-5-9(10)6-4-8-11/h3-7,11H,2,8H2,1H3/b6-4+. The zero-order chi connectivity index (χ0) is 8.10. The minimum Gasteiger partial charge on any atom is -0.392 e. The second-order valence-corrected chi connectivity index (χ2v) is 2.30. The van der Waals surface area contributed by atoms with E-state index in [4.69, 9.17) is 5.11 Å². The molecule has 0 fully saturated rings. The van der Waals surface area contributed by atoms with Gasteiger partial charge in [0.15, 0.2) is 0 Å². The molecule has 0 spiro atoms. The van der Waals surface area contributed by atoms with Gasteiger partial charge < -0.3 is 9.67 Å². The van der Waals surface area contributed by atoms with Crippen LogP contribution in [0, 0.1) is 0 Å².